The van der Waals surface area contributed by atoms with Crippen molar-refractivity contribution in [1.29, 1.82) is 0 Å². The molecule has 0 N–H and O–H groups in total. The van der Waals surface area contributed by atoms with Crippen LogP contribution in [-0.2, 0) is 11.3 Å². The second kappa shape index (κ2) is 7.46. The van der Waals surface area contributed by atoms with E-state index >= 15 is 0 Å². The Hall–Kier alpha value is -2.55. The van der Waals surface area contributed by atoms with Crippen LogP contribution in [-0.4, -0.2) is 19.6 Å². The average Bonchev–Trinajstić information content (AvgIpc) is 2.59. The number of hydrogen-bond acceptors (Lipinski definition) is 3. The molecule has 3 heteroatoms. The minimum absolute atomic E-state index is 0.271. The van der Waals surface area contributed by atoms with Crippen molar-refractivity contribution >= 4 is 17.7 Å². The molecule has 0 bridgehead atoms. The molecular formula is C19H21NO2. The lowest BCUT2D eigenvalue weighted by Gasteiger charge is -2.16. The summed E-state index contributed by atoms with van der Waals surface area (Å²) < 4.78 is 5.34. The Kier molecular flexibility index (Phi) is 5.37. The van der Waals surface area contributed by atoms with Gasteiger partial charge in [-0.3, -0.25) is 0 Å². The van der Waals surface area contributed by atoms with Crippen LogP contribution in [0.1, 0.15) is 28.4 Å². The monoisotopic (exact) mass is 295 g/mol. The number of carbonyl (C=O) groups excluding carboxylic acids is 1. The molecule has 0 amide bonds. The summed E-state index contributed by atoms with van der Waals surface area (Å²) in [7, 11) is 2.01. The fourth-order valence-electron chi connectivity index (χ4n) is 2.02. The van der Waals surface area contributed by atoms with Crippen molar-refractivity contribution in [2.75, 3.05) is 18.5 Å². The van der Waals surface area contributed by atoms with Crippen LogP contribution in [0.2, 0.25) is 0 Å². The lowest BCUT2D eigenvalue weighted by molar-refractivity contribution is 0.0473. The number of rotatable bonds is 6. The lowest BCUT2D eigenvalue weighted by Crippen LogP contribution is -2.15. The van der Waals surface area contributed by atoms with Crippen molar-refractivity contribution in [3.8, 4) is 0 Å². The van der Waals surface area contributed by atoms with E-state index in [1.165, 1.54) is 0 Å². The van der Waals surface area contributed by atoms with Gasteiger partial charge in [0.1, 0.15) is 6.61 Å². The van der Waals surface area contributed by atoms with Gasteiger partial charge in [0.25, 0.3) is 0 Å². The fraction of sp³-hybridized carbons (Fsp3) is 0.211. The zero-order valence-corrected chi connectivity index (χ0v) is 13.1. The molecule has 3 nitrogen and oxygen atoms in total. The summed E-state index contributed by atoms with van der Waals surface area (Å²) in [6.45, 7) is 6.99. The van der Waals surface area contributed by atoms with Gasteiger partial charge in [-0.15, -0.1) is 0 Å². The van der Waals surface area contributed by atoms with Gasteiger partial charge in [0, 0.05) is 19.3 Å². The van der Waals surface area contributed by atoms with E-state index in [-0.39, 0.29) is 12.6 Å². The van der Waals surface area contributed by atoms with Gasteiger partial charge in [0.2, 0.25) is 0 Å². The number of esters is 1. The van der Waals surface area contributed by atoms with Crippen molar-refractivity contribution < 1.29 is 9.53 Å². The van der Waals surface area contributed by atoms with Crippen LogP contribution in [0.5, 0.6) is 0 Å². The summed E-state index contributed by atoms with van der Waals surface area (Å²) in [5.41, 5.74) is 3.65. The highest BCUT2D eigenvalue weighted by Gasteiger charge is 2.08. The maximum atomic E-state index is 12.0. The molecule has 0 spiro atoms. The molecule has 0 radical (unpaired) electrons. The van der Waals surface area contributed by atoms with E-state index in [9.17, 15) is 4.79 Å². The van der Waals surface area contributed by atoms with Gasteiger partial charge < -0.3 is 9.64 Å². The van der Waals surface area contributed by atoms with Gasteiger partial charge >= 0.3 is 5.97 Å². The second-order valence-electron chi connectivity index (χ2n) is 5.08. The number of ether oxygens (including phenoxy) is 1. The van der Waals surface area contributed by atoms with E-state index in [2.05, 4.69) is 18.4 Å². The molecule has 0 unspecified atom stereocenters. The van der Waals surface area contributed by atoms with E-state index in [4.69, 9.17) is 4.74 Å². The van der Waals surface area contributed by atoms with E-state index < -0.39 is 0 Å². The highest BCUT2D eigenvalue weighted by atomic mass is 16.5. The summed E-state index contributed by atoms with van der Waals surface area (Å²) in [5, 5.41) is 0. The maximum Gasteiger partial charge on any atom is 0.338 e. The standard InChI is InChI=1S/C19H21NO2/c1-4-15-6-8-16(9-7-15)14-22-19(21)17-10-12-18(13-11-17)20(3)5-2/h4,6-13H,1,5,14H2,2-3H3. The first kappa shape index (κ1) is 15.8. The Morgan fingerprint density at radius 3 is 2.32 bits per heavy atom. The molecule has 2 aromatic carbocycles. The Labute approximate surface area is 131 Å². The summed E-state index contributed by atoms with van der Waals surface area (Å²) in [4.78, 5) is 14.1. The predicted molar refractivity (Wildman–Crippen MR) is 91.0 cm³/mol. The molecule has 0 aromatic heterocycles. The smallest absolute Gasteiger partial charge is 0.338 e. The van der Waals surface area contributed by atoms with E-state index in [1.54, 1.807) is 18.2 Å². The van der Waals surface area contributed by atoms with E-state index in [0.717, 1.165) is 23.4 Å². The Morgan fingerprint density at radius 1 is 1.14 bits per heavy atom. The first-order valence-corrected chi connectivity index (χ1v) is 7.33. The van der Waals surface area contributed by atoms with Crippen LogP contribution in [0.4, 0.5) is 5.69 Å². The second-order valence-corrected chi connectivity index (χ2v) is 5.08. The first-order chi connectivity index (χ1) is 10.6. The van der Waals surface area contributed by atoms with Crippen LogP contribution in [0.15, 0.2) is 55.1 Å². The van der Waals surface area contributed by atoms with Crippen LogP contribution in [0.3, 0.4) is 0 Å². The molecular weight excluding hydrogens is 274 g/mol. The first-order valence-electron chi connectivity index (χ1n) is 7.33. The SMILES string of the molecule is C=Cc1ccc(COC(=O)c2ccc(N(C)CC)cc2)cc1. The van der Waals surface area contributed by atoms with Crippen molar-refractivity contribution in [1.82, 2.24) is 0 Å². The number of anilines is 1. The fourth-order valence-corrected chi connectivity index (χ4v) is 2.02. The molecule has 0 saturated carbocycles. The third-order valence-corrected chi connectivity index (χ3v) is 3.60. The van der Waals surface area contributed by atoms with E-state index in [1.807, 2.05) is 43.4 Å². The number of nitrogens with zero attached hydrogens (tertiary/aromatic N) is 1. The molecule has 22 heavy (non-hydrogen) atoms. The topological polar surface area (TPSA) is 29.5 Å². The quantitative estimate of drug-likeness (QED) is 0.750. The third kappa shape index (κ3) is 3.98. The van der Waals surface area contributed by atoms with Crippen molar-refractivity contribution in [3.05, 3.63) is 71.8 Å². The molecule has 2 rings (SSSR count). The number of carbonyl (C=O) groups is 1. The minimum Gasteiger partial charge on any atom is -0.457 e. The van der Waals surface area contributed by atoms with Gasteiger partial charge in [0.05, 0.1) is 5.56 Å². The predicted octanol–water partition coefficient (Wildman–Crippen LogP) is 4.14. The molecule has 0 atom stereocenters. The summed E-state index contributed by atoms with van der Waals surface area (Å²) >= 11 is 0. The molecule has 0 saturated heterocycles. The molecule has 0 aliphatic heterocycles. The number of hydrogen-bond donors (Lipinski definition) is 0. The average molecular weight is 295 g/mol. The third-order valence-electron chi connectivity index (χ3n) is 3.60. The Balaban J connectivity index is 1.95. The molecule has 0 heterocycles. The summed E-state index contributed by atoms with van der Waals surface area (Å²) in [6.07, 6.45) is 1.78. The molecule has 0 aliphatic rings. The maximum absolute atomic E-state index is 12.0. The molecule has 0 fully saturated rings. The molecule has 0 aliphatic carbocycles. The van der Waals surface area contributed by atoms with Crippen LogP contribution in [0, 0.1) is 0 Å². The molecule has 114 valence electrons. The largest absolute Gasteiger partial charge is 0.457 e. The van der Waals surface area contributed by atoms with Crippen LogP contribution in [0.25, 0.3) is 6.08 Å². The van der Waals surface area contributed by atoms with Gasteiger partial charge in [-0.2, -0.15) is 0 Å². The highest BCUT2D eigenvalue weighted by molar-refractivity contribution is 5.89. The minimum atomic E-state index is -0.307. The molecule has 2 aromatic rings. The van der Waals surface area contributed by atoms with Crippen LogP contribution >= 0.6 is 0 Å². The van der Waals surface area contributed by atoms with Gasteiger partial charge in [0.15, 0.2) is 0 Å². The van der Waals surface area contributed by atoms with Crippen molar-refractivity contribution in [3.63, 3.8) is 0 Å². The van der Waals surface area contributed by atoms with Gasteiger partial charge in [-0.25, -0.2) is 4.79 Å². The van der Waals surface area contributed by atoms with Crippen LogP contribution < -0.4 is 4.90 Å². The number of benzene rings is 2. The van der Waals surface area contributed by atoms with Gasteiger partial charge in [-0.1, -0.05) is 36.9 Å². The van der Waals surface area contributed by atoms with Gasteiger partial charge in [-0.05, 0) is 42.3 Å². The van der Waals surface area contributed by atoms with E-state index in [0.29, 0.717) is 5.56 Å². The summed E-state index contributed by atoms with van der Waals surface area (Å²) in [5.74, 6) is -0.307. The zero-order chi connectivity index (χ0) is 15.9. The zero-order valence-electron chi connectivity index (χ0n) is 13.1. The van der Waals surface area contributed by atoms with Crippen molar-refractivity contribution in [2.24, 2.45) is 0 Å². The Bertz CT molecular complexity index is 629. The lowest BCUT2D eigenvalue weighted by atomic mass is 10.1. The highest BCUT2D eigenvalue weighted by Crippen LogP contribution is 2.15. The summed E-state index contributed by atoms with van der Waals surface area (Å²) in [6, 6.07) is 15.2. The Morgan fingerprint density at radius 2 is 1.77 bits per heavy atom. The normalized spacial score (nSPS) is 10.1. The van der Waals surface area contributed by atoms with Crippen molar-refractivity contribution in [2.45, 2.75) is 13.5 Å².